The minimum absolute atomic E-state index is 1.02. The molecule has 1 N–H and O–H groups in total. The van der Waals surface area contributed by atoms with E-state index in [1.54, 1.807) is 0 Å². The highest BCUT2D eigenvalue weighted by atomic mass is 15.8. The molecule has 2 aliphatic rings. The van der Waals surface area contributed by atoms with Gasteiger partial charge in [-0.15, -0.1) is 5.53 Å². The quantitative estimate of drug-likeness (QED) is 0.866. The first-order valence-corrected chi connectivity index (χ1v) is 7.00. The van der Waals surface area contributed by atoms with Gasteiger partial charge in [-0.05, 0) is 37.6 Å². The number of hydrogen-bond donors (Lipinski definition) is 1. The lowest BCUT2D eigenvalue weighted by Gasteiger charge is -2.24. The van der Waals surface area contributed by atoms with Crippen LogP contribution in [0, 0.1) is 13.8 Å². The first-order chi connectivity index (χ1) is 10.2. The normalized spacial score (nSPS) is 15.8. The molecular weight excluding hydrogens is 260 g/mol. The average Bonchev–Trinajstić information content (AvgIpc) is 2.91. The van der Waals surface area contributed by atoms with E-state index in [4.69, 9.17) is 0 Å². The second-order valence-electron chi connectivity index (χ2n) is 5.37. The van der Waals surface area contributed by atoms with E-state index in [0.29, 0.717) is 0 Å². The predicted molar refractivity (Wildman–Crippen MR) is 84.6 cm³/mol. The van der Waals surface area contributed by atoms with Crippen LogP contribution in [-0.4, -0.2) is 9.99 Å². The summed E-state index contributed by atoms with van der Waals surface area (Å²) in [5.41, 5.74) is 10.1. The zero-order chi connectivity index (χ0) is 14.4. The number of fused-ring (bicyclic) bond motifs is 3. The van der Waals surface area contributed by atoms with Crippen LogP contribution >= 0.6 is 0 Å². The lowest BCUT2D eigenvalue weighted by Crippen LogP contribution is -2.37. The summed E-state index contributed by atoms with van der Waals surface area (Å²) in [5, 5.41) is 4.07. The summed E-state index contributed by atoms with van der Waals surface area (Å²) in [4.78, 5) is 4.43. The van der Waals surface area contributed by atoms with Crippen LogP contribution in [0.3, 0.4) is 0 Å². The molecule has 4 nitrogen and oxygen atoms in total. The van der Waals surface area contributed by atoms with Crippen LogP contribution in [-0.2, 0) is 0 Å². The van der Waals surface area contributed by atoms with Gasteiger partial charge in [0.2, 0.25) is 0 Å². The van der Waals surface area contributed by atoms with Gasteiger partial charge in [0.15, 0.2) is 0 Å². The van der Waals surface area contributed by atoms with Gasteiger partial charge >= 0.3 is 0 Å². The van der Waals surface area contributed by atoms with Crippen LogP contribution in [0.4, 0.5) is 5.69 Å². The SMILES string of the molecule is Cc1cc(N2C=C3c4ccccc4C=CN3N2)cc(C)n1. The maximum absolute atomic E-state index is 4.43. The van der Waals surface area contributed by atoms with E-state index in [0.717, 1.165) is 22.8 Å². The van der Waals surface area contributed by atoms with Gasteiger partial charge in [0.25, 0.3) is 0 Å². The summed E-state index contributed by atoms with van der Waals surface area (Å²) in [7, 11) is 0. The minimum Gasteiger partial charge on any atom is -0.264 e. The van der Waals surface area contributed by atoms with Crippen molar-refractivity contribution in [3.05, 3.63) is 71.3 Å². The zero-order valence-electron chi connectivity index (χ0n) is 12.0. The van der Waals surface area contributed by atoms with Crippen molar-refractivity contribution >= 4 is 17.5 Å². The van der Waals surface area contributed by atoms with Crippen LogP contribution < -0.4 is 10.5 Å². The molecule has 0 spiro atoms. The van der Waals surface area contributed by atoms with Gasteiger partial charge in [0, 0.05) is 29.4 Å². The molecule has 2 aromatic rings. The number of benzene rings is 1. The molecule has 2 aliphatic heterocycles. The Bertz CT molecular complexity index is 756. The predicted octanol–water partition coefficient (Wildman–Crippen LogP) is 3.22. The maximum Gasteiger partial charge on any atom is 0.0845 e. The molecule has 0 atom stereocenters. The Morgan fingerprint density at radius 2 is 1.76 bits per heavy atom. The van der Waals surface area contributed by atoms with Gasteiger partial charge < -0.3 is 0 Å². The lowest BCUT2D eigenvalue weighted by molar-refractivity contribution is 0.416. The Hall–Kier alpha value is -2.59. The molecule has 1 aromatic heterocycles. The van der Waals surface area contributed by atoms with Gasteiger partial charge in [0.05, 0.1) is 11.4 Å². The van der Waals surface area contributed by atoms with Crippen molar-refractivity contribution in [2.24, 2.45) is 0 Å². The van der Waals surface area contributed by atoms with Gasteiger partial charge in [0.1, 0.15) is 0 Å². The number of rotatable bonds is 1. The fourth-order valence-corrected chi connectivity index (χ4v) is 2.81. The molecular formula is C17H16N4. The van der Waals surface area contributed by atoms with Crippen LogP contribution in [0.2, 0.25) is 0 Å². The second kappa shape index (κ2) is 4.46. The summed E-state index contributed by atoms with van der Waals surface area (Å²) in [6.07, 6.45) is 6.29. The summed E-state index contributed by atoms with van der Waals surface area (Å²) < 4.78 is 0. The molecule has 0 fully saturated rings. The number of anilines is 1. The lowest BCUT2D eigenvalue weighted by atomic mass is 10.0. The molecule has 0 aliphatic carbocycles. The first-order valence-electron chi connectivity index (χ1n) is 7.00. The van der Waals surface area contributed by atoms with Crippen LogP contribution in [0.25, 0.3) is 11.8 Å². The number of hydrazine groups is 2. The van der Waals surface area contributed by atoms with E-state index < -0.39 is 0 Å². The second-order valence-corrected chi connectivity index (χ2v) is 5.37. The fourth-order valence-electron chi connectivity index (χ4n) is 2.81. The molecule has 1 aromatic carbocycles. The molecule has 3 heterocycles. The molecule has 0 saturated carbocycles. The summed E-state index contributed by atoms with van der Waals surface area (Å²) in [6.45, 7) is 4.03. The summed E-state index contributed by atoms with van der Waals surface area (Å²) >= 11 is 0. The van der Waals surface area contributed by atoms with Crippen molar-refractivity contribution in [2.75, 3.05) is 5.01 Å². The average molecular weight is 276 g/mol. The van der Waals surface area contributed by atoms with Crippen molar-refractivity contribution in [1.29, 1.82) is 0 Å². The molecule has 4 rings (SSSR count). The molecule has 104 valence electrons. The maximum atomic E-state index is 4.43. The van der Waals surface area contributed by atoms with Gasteiger partial charge in [-0.25, -0.2) is 0 Å². The topological polar surface area (TPSA) is 31.4 Å². The molecule has 0 bridgehead atoms. The Kier molecular flexibility index (Phi) is 2.59. The first kappa shape index (κ1) is 12.2. The van der Waals surface area contributed by atoms with Crippen LogP contribution in [0.5, 0.6) is 0 Å². The molecule has 0 radical (unpaired) electrons. The molecule has 4 heteroatoms. The van der Waals surface area contributed by atoms with Crippen LogP contribution in [0.15, 0.2) is 48.8 Å². The van der Waals surface area contributed by atoms with E-state index in [2.05, 4.69) is 65.4 Å². The van der Waals surface area contributed by atoms with E-state index in [1.807, 2.05) is 23.9 Å². The Morgan fingerprint density at radius 1 is 1.00 bits per heavy atom. The van der Waals surface area contributed by atoms with Crippen molar-refractivity contribution in [1.82, 2.24) is 15.5 Å². The summed E-state index contributed by atoms with van der Waals surface area (Å²) in [5.74, 6) is 0. The van der Waals surface area contributed by atoms with Gasteiger partial charge in [-0.1, -0.05) is 24.3 Å². The molecule has 0 unspecified atom stereocenters. The smallest absolute Gasteiger partial charge is 0.0845 e. The van der Waals surface area contributed by atoms with E-state index in [-0.39, 0.29) is 0 Å². The van der Waals surface area contributed by atoms with Gasteiger partial charge in [-0.2, -0.15) is 0 Å². The third-order valence-electron chi connectivity index (χ3n) is 3.71. The summed E-state index contributed by atoms with van der Waals surface area (Å²) in [6, 6.07) is 12.6. The van der Waals surface area contributed by atoms with Crippen molar-refractivity contribution in [3.63, 3.8) is 0 Å². The third kappa shape index (κ3) is 2.00. The molecule has 21 heavy (non-hydrogen) atoms. The number of nitrogens with one attached hydrogen (secondary N) is 1. The van der Waals surface area contributed by atoms with E-state index in [1.165, 1.54) is 11.1 Å². The Labute approximate surface area is 124 Å². The highest BCUT2D eigenvalue weighted by Gasteiger charge is 2.25. The number of hydrogen-bond acceptors (Lipinski definition) is 4. The van der Waals surface area contributed by atoms with E-state index >= 15 is 0 Å². The Balaban J connectivity index is 1.77. The fraction of sp³-hybridized carbons (Fsp3) is 0.118. The highest BCUT2D eigenvalue weighted by molar-refractivity contribution is 5.80. The number of pyridine rings is 1. The Morgan fingerprint density at radius 3 is 2.57 bits per heavy atom. The van der Waals surface area contributed by atoms with Gasteiger partial charge in [-0.3, -0.25) is 15.0 Å². The zero-order valence-corrected chi connectivity index (χ0v) is 12.0. The van der Waals surface area contributed by atoms with Crippen molar-refractivity contribution in [3.8, 4) is 0 Å². The molecule has 0 amide bonds. The van der Waals surface area contributed by atoms with Crippen molar-refractivity contribution < 1.29 is 0 Å². The monoisotopic (exact) mass is 276 g/mol. The van der Waals surface area contributed by atoms with E-state index in [9.17, 15) is 0 Å². The minimum atomic E-state index is 1.02. The largest absolute Gasteiger partial charge is 0.264 e. The number of aryl methyl sites for hydroxylation is 2. The highest BCUT2D eigenvalue weighted by Crippen LogP contribution is 2.33. The standard InChI is InChI=1S/C17H16N4/c1-12-9-15(10-13(2)18-12)21-11-17-16-6-4-3-5-14(16)7-8-20(17)19-21/h3-11,19H,1-2H3. The number of aromatic nitrogens is 1. The molecule has 0 saturated heterocycles. The third-order valence-corrected chi connectivity index (χ3v) is 3.71. The van der Waals surface area contributed by atoms with Crippen molar-refractivity contribution in [2.45, 2.75) is 13.8 Å². The van der Waals surface area contributed by atoms with Crippen LogP contribution in [0.1, 0.15) is 22.5 Å². The number of nitrogens with zero attached hydrogens (tertiary/aromatic N) is 3.